The standard InChI is InChI=1S/C12H23NO/c1-12(6-7-12)10-13-8-2-4-11-5-3-9-14-11/h11,13H,2-10H2,1H3. The van der Waals surface area contributed by atoms with Gasteiger partial charge in [0, 0.05) is 13.2 Å². The van der Waals surface area contributed by atoms with Crippen LogP contribution in [-0.2, 0) is 4.74 Å². The SMILES string of the molecule is CC1(CNCCCC2CCCO2)CC1. The lowest BCUT2D eigenvalue weighted by molar-refractivity contribution is 0.102. The molecule has 1 aliphatic heterocycles. The highest BCUT2D eigenvalue weighted by atomic mass is 16.5. The first-order valence-electron chi connectivity index (χ1n) is 6.11. The second kappa shape index (κ2) is 4.63. The lowest BCUT2D eigenvalue weighted by atomic mass is 10.1. The highest BCUT2D eigenvalue weighted by molar-refractivity contribution is 4.90. The van der Waals surface area contributed by atoms with Gasteiger partial charge in [0.1, 0.15) is 0 Å². The minimum atomic E-state index is 0.577. The Morgan fingerprint density at radius 1 is 1.43 bits per heavy atom. The number of rotatable bonds is 6. The van der Waals surface area contributed by atoms with Crippen LogP contribution in [0.15, 0.2) is 0 Å². The average Bonchev–Trinajstić information content (AvgIpc) is 2.70. The molecule has 2 heteroatoms. The molecule has 1 atom stereocenters. The minimum Gasteiger partial charge on any atom is -0.378 e. The van der Waals surface area contributed by atoms with E-state index in [-0.39, 0.29) is 0 Å². The highest BCUT2D eigenvalue weighted by Crippen LogP contribution is 2.43. The molecule has 1 aliphatic carbocycles. The summed E-state index contributed by atoms with van der Waals surface area (Å²) >= 11 is 0. The molecule has 1 unspecified atom stereocenters. The molecule has 1 N–H and O–H groups in total. The van der Waals surface area contributed by atoms with Gasteiger partial charge in [0.25, 0.3) is 0 Å². The summed E-state index contributed by atoms with van der Waals surface area (Å²) in [5.74, 6) is 0. The first kappa shape index (κ1) is 10.4. The maximum atomic E-state index is 5.58. The maximum absolute atomic E-state index is 5.58. The second-order valence-corrected chi connectivity index (χ2v) is 5.26. The van der Waals surface area contributed by atoms with Crippen molar-refractivity contribution in [3.63, 3.8) is 0 Å². The molecule has 0 aromatic rings. The van der Waals surface area contributed by atoms with E-state index < -0.39 is 0 Å². The lowest BCUT2D eigenvalue weighted by Gasteiger charge is -2.11. The first-order valence-corrected chi connectivity index (χ1v) is 6.11. The Bertz CT molecular complexity index is 171. The molecule has 0 spiro atoms. The van der Waals surface area contributed by atoms with E-state index in [2.05, 4.69) is 12.2 Å². The van der Waals surface area contributed by atoms with Crippen molar-refractivity contribution < 1.29 is 4.74 Å². The van der Waals surface area contributed by atoms with Crippen molar-refractivity contribution in [1.82, 2.24) is 5.32 Å². The van der Waals surface area contributed by atoms with Gasteiger partial charge < -0.3 is 10.1 Å². The van der Waals surface area contributed by atoms with Gasteiger partial charge in [-0.15, -0.1) is 0 Å². The van der Waals surface area contributed by atoms with E-state index in [1.807, 2.05) is 0 Å². The van der Waals surface area contributed by atoms with E-state index in [0.717, 1.165) is 6.61 Å². The topological polar surface area (TPSA) is 21.3 Å². The van der Waals surface area contributed by atoms with Gasteiger partial charge in [-0.2, -0.15) is 0 Å². The predicted molar refractivity (Wildman–Crippen MR) is 58.4 cm³/mol. The fourth-order valence-electron chi connectivity index (χ4n) is 2.11. The summed E-state index contributed by atoms with van der Waals surface area (Å²) in [5.41, 5.74) is 0.657. The van der Waals surface area contributed by atoms with E-state index in [0.29, 0.717) is 11.5 Å². The molecule has 1 saturated heterocycles. The van der Waals surface area contributed by atoms with Crippen LogP contribution in [0.3, 0.4) is 0 Å². The number of ether oxygens (including phenoxy) is 1. The van der Waals surface area contributed by atoms with Crippen LogP contribution in [0.1, 0.15) is 45.4 Å². The largest absolute Gasteiger partial charge is 0.378 e. The van der Waals surface area contributed by atoms with Gasteiger partial charge in [0.05, 0.1) is 6.10 Å². The van der Waals surface area contributed by atoms with Crippen molar-refractivity contribution in [2.75, 3.05) is 19.7 Å². The van der Waals surface area contributed by atoms with Crippen LogP contribution in [0.4, 0.5) is 0 Å². The van der Waals surface area contributed by atoms with Gasteiger partial charge in [-0.05, 0) is 50.5 Å². The average molecular weight is 197 g/mol. The van der Waals surface area contributed by atoms with E-state index in [1.165, 1.54) is 51.6 Å². The van der Waals surface area contributed by atoms with Crippen molar-refractivity contribution in [2.24, 2.45) is 5.41 Å². The lowest BCUT2D eigenvalue weighted by Crippen LogP contribution is -2.23. The van der Waals surface area contributed by atoms with E-state index >= 15 is 0 Å². The summed E-state index contributed by atoms with van der Waals surface area (Å²) in [6.45, 7) is 5.77. The van der Waals surface area contributed by atoms with Crippen LogP contribution in [0.2, 0.25) is 0 Å². The van der Waals surface area contributed by atoms with Crippen LogP contribution >= 0.6 is 0 Å². The Hall–Kier alpha value is -0.0800. The molecule has 1 saturated carbocycles. The number of hydrogen-bond donors (Lipinski definition) is 1. The zero-order valence-electron chi connectivity index (χ0n) is 9.35. The molecule has 1 heterocycles. The van der Waals surface area contributed by atoms with Crippen LogP contribution in [0.25, 0.3) is 0 Å². The maximum Gasteiger partial charge on any atom is 0.0576 e. The summed E-state index contributed by atoms with van der Waals surface area (Å²) in [6.07, 6.45) is 8.52. The monoisotopic (exact) mass is 197 g/mol. The van der Waals surface area contributed by atoms with Crippen molar-refractivity contribution in [3.05, 3.63) is 0 Å². The van der Waals surface area contributed by atoms with Crippen molar-refractivity contribution in [1.29, 1.82) is 0 Å². The molecule has 82 valence electrons. The van der Waals surface area contributed by atoms with E-state index in [4.69, 9.17) is 4.74 Å². The molecule has 0 aromatic heterocycles. The molecule has 0 amide bonds. The normalized spacial score (nSPS) is 29.4. The number of nitrogens with one attached hydrogen (secondary N) is 1. The molecule has 0 bridgehead atoms. The third-order valence-corrected chi connectivity index (χ3v) is 3.56. The molecule has 2 nitrogen and oxygen atoms in total. The Balaban J connectivity index is 1.43. The quantitative estimate of drug-likeness (QED) is 0.660. The van der Waals surface area contributed by atoms with Crippen LogP contribution in [0, 0.1) is 5.41 Å². The molecule has 2 rings (SSSR count). The second-order valence-electron chi connectivity index (χ2n) is 5.26. The molecular weight excluding hydrogens is 174 g/mol. The molecule has 2 fully saturated rings. The fraction of sp³-hybridized carbons (Fsp3) is 1.00. The van der Waals surface area contributed by atoms with Gasteiger partial charge in [-0.25, -0.2) is 0 Å². The molecular formula is C12H23NO. The Labute approximate surface area is 87.4 Å². The van der Waals surface area contributed by atoms with Crippen molar-refractivity contribution in [2.45, 2.75) is 51.6 Å². The first-order chi connectivity index (χ1) is 6.79. The minimum absolute atomic E-state index is 0.577. The van der Waals surface area contributed by atoms with Crippen LogP contribution < -0.4 is 5.32 Å². The smallest absolute Gasteiger partial charge is 0.0576 e. The highest BCUT2D eigenvalue weighted by Gasteiger charge is 2.36. The van der Waals surface area contributed by atoms with Gasteiger partial charge in [0.2, 0.25) is 0 Å². The summed E-state index contributed by atoms with van der Waals surface area (Å²) in [4.78, 5) is 0. The van der Waals surface area contributed by atoms with Gasteiger partial charge >= 0.3 is 0 Å². The van der Waals surface area contributed by atoms with Crippen molar-refractivity contribution >= 4 is 0 Å². The zero-order valence-corrected chi connectivity index (χ0v) is 9.35. The Morgan fingerprint density at radius 2 is 2.29 bits per heavy atom. The van der Waals surface area contributed by atoms with E-state index in [9.17, 15) is 0 Å². The summed E-state index contributed by atoms with van der Waals surface area (Å²) in [7, 11) is 0. The summed E-state index contributed by atoms with van der Waals surface area (Å²) in [6, 6.07) is 0. The predicted octanol–water partition coefficient (Wildman–Crippen LogP) is 2.34. The van der Waals surface area contributed by atoms with Crippen molar-refractivity contribution in [3.8, 4) is 0 Å². The van der Waals surface area contributed by atoms with Gasteiger partial charge in [-0.1, -0.05) is 6.92 Å². The zero-order chi connectivity index (χ0) is 9.86. The molecule has 14 heavy (non-hydrogen) atoms. The fourth-order valence-corrected chi connectivity index (χ4v) is 2.11. The third kappa shape index (κ3) is 3.25. The number of hydrogen-bond acceptors (Lipinski definition) is 2. The van der Waals surface area contributed by atoms with E-state index in [1.54, 1.807) is 0 Å². The summed E-state index contributed by atoms with van der Waals surface area (Å²) in [5, 5.41) is 3.56. The molecule has 0 aromatic carbocycles. The Morgan fingerprint density at radius 3 is 2.93 bits per heavy atom. The van der Waals surface area contributed by atoms with Gasteiger partial charge in [0.15, 0.2) is 0 Å². The summed E-state index contributed by atoms with van der Waals surface area (Å²) < 4.78 is 5.58. The van der Waals surface area contributed by atoms with Crippen LogP contribution in [0.5, 0.6) is 0 Å². The third-order valence-electron chi connectivity index (χ3n) is 3.56. The molecule has 2 aliphatic rings. The Kier molecular flexibility index (Phi) is 3.45. The van der Waals surface area contributed by atoms with Gasteiger partial charge in [-0.3, -0.25) is 0 Å². The van der Waals surface area contributed by atoms with Crippen LogP contribution in [-0.4, -0.2) is 25.8 Å². The molecule has 0 radical (unpaired) electrons.